The van der Waals surface area contributed by atoms with Gasteiger partial charge in [-0.3, -0.25) is 4.79 Å². The van der Waals surface area contributed by atoms with Crippen LogP contribution in [0.5, 0.6) is 0 Å². The summed E-state index contributed by atoms with van der Waals surface area (Å²) in [5.74, 6) is 2.17. The van der Waals surface area contributed by atoms with E-state index >= 15 is 0 Å². The maximum atomic E-state index is 11.8. The van der Waals surface area contributed by atoms with Crippen molar-refractivity contribution in [1.29, 1.82) is 0 Å². The van der Waals surface area contributed by atoms with Gasteiger partial charge in [-0.2, -0.15) is 4.98 Å². The van der Waals surface area contributed by atoms with Gasteiger partial charge in [-0.25, -0.2) is 0 Å². The van der Waals surface area contributed by atoms with Crippen LogP contribution in [0.1, 0.15) is 82.4 Å². The summed E-state index contributed by atoms with van der Waals surface area (Å²) in [4.78, 5) is 18.9. The van der Waals surface area contributed by atoms with E-state index in [1.807, 2.05) is 7.11 Å². The van der Waals surface area contributed by atoms with Gasteiger partial charge in [0.05, 0.1) is 18.6 Å². The number of nitrogens with zero attached hydrogens (tertiary/aromatic N) is 3. The summed E-state index contributed by atoms with van der Waals surface area (Å²) in [5.41, 5.74) is 2.25. The number of ether oxygens (including phenoxy) is 2. The third-order valence-electron chi connectivity index (χ3n) is 8.91. The molecular weight excluding hydrogens is 442 g/mol. The Morgan fingerprint density at radius 2 is 1.66 bits per heavy atom. The van der Waals surface area contributed by atoms with E-state index < -0.39 is 0 Å². The molecule has 0 atom stereocenters. The van der Waals surface area contributed by atoms with Crippen molar-refractivity contribution in [3.63, 3.8) is 0 Å². The minimum absolute atomic E-state index is 0.00154. The average Bonchev–Trinajstić information content (AvgIpc) is 3.44. The molecular formula is C28H39N3O4. The van der Waals surface area contributed by atoms with Crippen LogP contribution < -0.4 is 4.90 Å². The SMILES string of the molecule is COC(=O)[C@H]1CC[C@H](c2noc(-c3ccc(N4CCC(OC)(C5CCCCC5)CC4)cc3)n2)CC1. The molecule has 0 N–H and O–H groups in total. The second-order valence-corrected chi connectivity index (χ2v) is 10.7. The molecule has 5 rings (SSSR count). The molecule has 2 saturated carbocycles. The lowest BCUT2D eigenvalue weighted by molar-refractivity contribution is -0.146. The van der Waals surface area contributed by atoms with Gasteiger partial charge in [-0.15, -0.1) is 0 Å². The molecule has 0 spiro atoms. The number of hydrogen-bond acceptors (Lipinski definition) is 7. The molecule has 1 aliphatic heterocycles. The number of aromatic nitrogens is 2. The van der Waals surface area contributed by atoms with Crippen LogP contribution in [-0.4, -0.2) is 49.0 Å². The standard InChI is InChI=1S/C28H39N3O4/c1-33-27(32)22-10-8-20(9-11-22)25-29-26(35-30-25)21-12-14-24(15-13-21)31-18-16-28(34-2,17-19-31)23-6-4-3-5-7-23/h12-15,20,22-23H,3-11,16-19H2,1-2H3/t20-,22-. The molecule has 0 amide bonds. The number of carbonyl (C=O) groups excluding carboxylic acids is 1. The van der Waals surface area contributed by atoms with E-state index in [1.165, 1.54) is 44.9 Å². The lowest BCUT2D eigenvalue weighted by atomic mass is 9.72. The highest BCUT2D eigenvalue weighted by molar-refractivity contribution is 5.72. The van der Waals surface area contributed by atoms with Crippen molar-refractivity contribution >= 4 is 11.7 Å². The fourth-order valence-electron chi connectivity index (χ4n) is 6.64. The molecule has 1 aromatic carbocycles. The van der Waals surface area contributed by atoms with Crippen molar-refractivity contribution in [2.24, 2.45) is 11.8 Å². The quantitative estimate of drug-likeness (QED) is 0.486. The first kappa shape index (κ1) is 24.3. The average molecular weight is 482 g/mol. The number of carbonyl (C=O) groups is 1. The molecule has 0 radical (unpaired) electrons. The molecule has 190 valence electrons. The van der Waals surface area contributed by atoms with Gasteiger partial charge in [-0.1, -0.05) is 24.4 Å². The zero-order chi connectivity index (χ0) is 24.3. The van der Waals surface area contributed by atoms with Crippen LogP contribution in [0.25, 0.3) is 11.5 Å². The molecule has 35 heavy (non-hydrogen) atoms. The molecule has 1 aromatic heterocycles. The molecule has 7 heteroatoms. The summed E-state index contributed by atoms with van der Waals surface area (Å²) in [7, 11) is 3.38. The highest BCUT2D eigenvalue weighted by atomic mass is 16.5. The van der Waals surface area contributed by atoms with Crippen molar-refractivity contribution in [2.45, 2.75) is 82.1 Å². The van der Waals surface area contributed by atoms with Crippen LogP contribution in [0.2, 0.25) is 0 Å². The zero-order valence-electron chi connectivity index (χ0n) is 21.2. The second kappa shape index (κ2) is 10.7. The summed E-state index contributed by atoms with van der Waals surface area (Å²) < 4.78 is 16.7. The lowest BCUT2D eigenvalue weighted by Gasteiger charge is -2.47. The van der Waals surface area contributed by atoms with E-state index in [0.717, 1.165) is 63.0 Å². The highest BCUT2D eigenvalue weighted by Crippen LogP contribution is 2.42. The predicted octanol–water partition coefficient (Wildman–Crippen LogP) is 5.75. The first-order valence-electron chi connectivity index (χ1n) is 13.4. The number of methoxy groups -OCH3 is 2. The lowest BCUT2D eigenvalue weighted by Crippen LogP contribution is -2.50. The molecule has 1 saturated heterocycles. The zero-order valence-corrected chi connectivity index (χ0v) is 21.2. The Kier molecular flexibility index (Phi) is 7.42. The summed E-state index contributed by atoms with van der Waals surface area (Å²) >= 11 is 0. The van der Waals surface area contributed by atoms with Crippen LogP contribution in [0.15, 0.2) is 28.8 Å². The molecule has 3 fully saturated rings. The maximum absolute atomic E-state index is 11.8. The van der Waals surface area contributed by atoms with E-state index in [4.69, 9.17) is 19.0 Å². The van der Waals surface area contributed by atoms with E-state index in [9.17, 15) is 4.79 Å². The third-order valence-corrected chi connectivity index (χ3v) is 8.91. The van der Waals surface area contributed by atoms with E-state index in [1.54, 1.807) is 0 Å². The van der Waals surface area contributed by atoms with Crippen molar-refractivity contribution in [2.75, 3.05) is 32.2 Å². The smallest absolute Gasteiger partial charge is 0.308 e. The Bertz CT molecular complexity index is 966. The predicted molar refractivity (Wildman–Crippen MR) is 134 cm³/mol. The number of hydrogen-bond donors (Lipinski definition) is 0. The largest absolute Gasteiger partial charge is 0.469 e. The van der Waals surface area contributed by atoms with Gasteiger partial charge < -0.3 is 18.9 Å². The Hall–Kier alpha value is -2.41. The number of esters is 1. The van der Waals surface area contributed by atoms with Crippen molar-refractivity contribution in [3.8, 4) is 11.5 Å². The second-order valence-electron chi connectivity index (χ2n) is 10.7. The van der Waals surface area contributed by atoms with Gasteiger partial charge in [0.15, 0.2) is 5.82 Å². The molecule has 2 heterocycles. The molecule has 7 nitrogen and oxygen atoms in total. The summed E-state index contributed by atoms with van der Waals surface area (Å²) in [6.45, 7) is 2.06. The highest BCUT2D eigenvalue weighted by Gasteiger charge is 2.42. The monoisotopic (exact) mass is 481 g/mol. The van der Waals surface area contributed by atoms with Gasteiger partial charge in [0.25, 0.3) is 5.89 Å². The number of benzene rings is 1. The van der Waals surface area contributed by atoms with Gasteiger partial charge in [-0.05, 0) is 81.5 Å². The minimum atomic E-state index is -0.104. The van der Waals surface area contributed by atoms with E-state index in [0.29, 0.717) is 11.8 Å². The van der Waals surface area contributed by atoms with E-state index in [-0.39, 0.29) is 23.4 Å². The number of piperidine rings is 1. The van der Waals surface area contributed by atoms with Crippen LogP contribution >= 0.6 is 0 Å². The Balaban J connectivity index is 1.18. The summed E-state index contributed by atoms with van der Waals surface area (Å²) in [6.07, 6.45) is 12.3. The third kappa shape index (κ3) is 5.11. The normalized spacial score (nSPS) is 25.4. The van der Waals surface area contributed by atoms with Gasteiger partial charge >= 0.3 is 5.97 Å². The van der Waals surface area contributed by atoms with Gasteiger partial charge in [0, 0.05) is 37.4 Å². The van der Waals surface area contributed by atoms with Crippen LogP contribution in [0, 0.1) is 11.8 Å². The minimum Gasteiger partial charge on any atom is -0.469 e. The Morgan fingerprint density at radius 3 is 2.29 bits per heavy atom. The van der Waals surface area contributed by atoms with E-state index in [2.05, 4.69) is 34.3 Å². The van der Waals surface area contributed by atoms with Crippen molar-refractivity contribution < 1.29 is 18.8 Å². The molecule has 3 aliphatic rings. The van der Waals surface area contributed by atoms with Crippen LogP contribution in [0.4, 0.5) is 5.69 Å². The Morgan fingerprint density at radius 1 is 0.971 bits per heavy atom. The first-order chi connectivity index (χ1) is 17.1. The van der Waals surface area contributed by atoms with Crippen molar-refractivity contribution in [1.82, 2.24) is 10.1 Å². The molecule has 0 bridgehead atoms. The fourth-order valence-corrected chi connectivity index (χ4v) is 6.64. The number of anilines is 1. The van der Waals surface area contributed by atoms with Crippen molar-refractivity contribution in [3.05, 3.63) is 30.1 Å². The first-order valence-corrected chi connectivity index (χ1v) is 13.4. The summed E-state index contributed by atoms with van der Waals surface area (Å²) in [5, 5.41) is 4.26. The van der Waals surface area contributed by atoms with Crippen LogP contribution in [0.3, 0.4) is 0 Å². The fraction of sp³-hybridized carbons (Fsp3) is 0.679. The maximum Gasteiger partial charge on any atom is 0.308 e. The summed E-state index contributed by atoms with van der Waals surface area (Å²) in [6, 6.07) is 8.50. The van der Waals surface area contributed by atoms with Gasteiger partial charge in [0.1, 0.15) is 0 Å². The Labute approximate surface area is 208 Å². The molecule has 2 aliphatic carbocycles. The molecule has 2 aromatic rings. The van der Waals surface area contributed by atoms with Crippen LogP contribution in [-0.2, 0) is 14.3 Å². The number of rotatable bonds is 6. The topological polar surface area (TPSA) is 77.7 Å². The molecule has 0 unspecified atom stereocenters. The van der Waals surface area contributed by atoms with Gasteiger partial charge in [0.2, 0.25) is 0 Å².